The van der Waals surface area contributed by atoms with Crippen molar-refractivity contribution < 1.29 is 9.84 Å². The quantitative estimate of drug-likeness (QED) is 0.505. The van der Waals surface area contributed by atoms with E-state index in [2.05, 4.69) is 40.7 Å². The van der Waals surface area contributed by atoms with E-state index in [1.54, 1.807) is 7.05 Å². The first-order chi connectivity index (χ1) is 13.3. The summed E-state index contributed by atoms with van der Waals surface area (Å²) in [5, 5.41) is 16.4. The number of nitrogens with zero attached hydrogens (tertiary/aromatic N) is 1. The number of hydrogen-bond acceptors (Lipinski definition) is 3. The van der Waals surface area contributed by atoms with E-state index in [4.69, 9.17) is 4.74 Å². The first-order valence-corrected chi connectivity index (χ1v) is 9.71. The predicted molar refractivity (Wildman–Crippen MR) is 116 cm³/mol. The Morgan fingerprint density at radius 1 is 1.11 bits per heavy atom. The fraction of sp³-hybridized carbons (Fsp3) is 0.435. The van der Waals surface area contributed by atoms with Gasteiger partial charge < -0.3 is 20.5 Å². The van der Waals surface area contributed by atoms with Gasteiger partial charge in [0.2, 0.25) is 0 Å². The second-order valence-electron chi connectivity index (χ2n) is 7.92. The molecule has 0 saturated carbocycles. The minimum absolute atomic E-state index is 0.0129. The lowest BCUT2D eigenvalue weighted by Gasteiger charge is -2.24. The Balaban J connectivity index is 1.99. The Bertz CT molecular complexity index is 767. The number of aryl methyl sites for hydroxylation is 1. The molecule has 2 rings (SSSR count). The van der Waals surface area contributed by atoms with Gasteiger partial charge in [-0.1, -0.05) is 42.5 Å². The first kappa shape index (κ1) is 21.8. The van der Waals surface area contributed by atoms with E-state index >= 15 is 0 Å². The topological polar surface area (TPSA) is 65.9 Å². The number of hydrogen-bond donors (Lipinski definition) is 3. The summed E-state index contributed by atoms with van der Waals surface area (Å²) in [6.45, 7) is 9.48. The summed E-state index contributed by atoms with van der Waals surface area (Å²) < 4.78 is 6.12. The predicted octanol–water partition coefficient (Wildman–Crippen LogP) is 3.61. The highest BCUT2D eigenvalue weighted by Gasteiger charge is 2.15. The molecule has 0 aliphatic carbocycles. The molecule has 0 bridgehead atoms. The zero-order valence-corrected chi connectivity index (χ0v) is 17.6. The SMILES string of the molecule is CN=C(NCc1ccc(C)cc1OC(C)(C)C)NCC(CO)c1ccccc1. The van der Waals surface area contributed by atoms with Crippen LogP contribution in [0.1, 0.15) is 43.4 Å². The second-order valence-corrected chi connectivity index (χ2v) is 7.92. The lowest BCUT2D eigenvalue weighted by molar-refractivity contribution is 0.129. The molecule has 0 aliphatic rings. The van der Waals surface area contributed by atoms with Crippen molar-refractivity contribution in [2.75, 3.05) is 20.2 Å². The molecule has 0 spiro atoms. The number of aliphatic imine (C=N–C) groups is 1. The Morgan fingerprint density at radius 3 is 2.43 bits per heavy atom. The molecule has 0 fully saturated rings. The molecule has 5 nitrogen and oxygen atoms in total. The smallest absolute Gasteiger partial charge is 0.191 e. The zero-order chi connectivity index (χ0) is 20.6. The van der Waals surface area contributed by atoms with Gasteiger partial charge in [-0.2, -0.15) is 0 Å². The highest BCUT2D eigenvalue weighted by molar-refractivity contribution is 5.79. The molecule has 28 heavy (non-hydrogen) atoms. The minimum atomic E-state index is -0.257. The Morgan fingerprint density at radius 2 is 1.82 bits per heavy atom. The highest BCUT2D eigenvalue weighted by Crippen LogP contribution is 2.24. The number of nitrogens with one attached hydrogen (secondary N) is 2. The van der Waals surface area contributed by atoms with Crippen LogP contribution in [0.5, 0.6) is 5.75 Å². The van der Waals surface area contributed by atoms with Gasteiger partial charge in [-0.05, 0) is 44.9 Å². The average Bonchev–Trinajstić information content (AvgIpc) is 2.65. The van der Waals surface area contributed by atoms with Gasteiger partial charge in [0.25, 0.3) is 0 Å². The van der Waals surface area contributed by atoms with Gasteiger partial charge in [-0.15, -0.1) is 0 Å². The number of guanidine groups is 1. The van der Waals surface area contributed by atoms with Crippen LogP contribution in [0.4, 0.5) is 0 Å². The van der Waals surface area contributed by atoms with Crippen LogP contribution in [0.25, 0.3) is 0 Å². The molecule has 3 N–H and O–H groups in total. The summed E-state index contributed by atoms with van der Waals surface area (Å²) >= 11 is 0. The van der Waals surface area contributed by atoms with Gasteiger partial charge in [-0.3, -0.25) is 4.99 Å². The maximum absolute atomic E-state index is 9.73. The fourth-order valence-electron chi connectivity index (χ4n) is 2.87. The Labute approximate surface area is 168 Å². The Hall–Kier alpha value is -2.53. The van der Waals surface area contributed by atoms with Crippen molar-refractivity contribution in [1.82, 2.24) is 10.6 Å². The van der Waals surface area contributed by atoms with Crippen LogP contribution in [-0.4, -0.2) is 36.9 Å². The van der Waals surface area contributed by atoms with E-state index in [1.807, 2.05) is 51.1 Å². The van der Waals surface area contributed by atoms with Gasteiger partial charge in [0, 0.05) is 31.6 Å². The summed E-state index contributed by atoms with van der Waals surface area (Å²) in [5.74, 6) is 1.59. The van der Waals surface area contributed by atoms with Crippen LogP contribution < -0.4 is 15.4 Å². The van der Waals surface area contributed by atoms with E-state index < -0.39 is 0 Å². The third kappa shape index (κ3) is 6.89. The molecule has 0 saturated heterocycles. The Kier molecular flexibility index (Phi) is 7.88. The second kappa shape index (κ2) is 10.1. The van der Waals surface area contributed by atoms with Gasteiger partial charge in [0.1, 0.15) is 11.4 Å². The lowest BCUT2D eigenvalue weighted by atomic mass is 10.0. The molecule has 2 aromatic carbocycles. The molecule has 1 unspecified atom stereocenters. The van der Waals surface area contributed by atoms with E-state index in [9.17, 15) is 5.11 Å². The van der Waals surface area contributed by atoms with E-state index in [-0.39, 0.29) is 18.1 Å². The molecule has 152 valence electrons. The van der Waals surface area contributed by atoms with Crippen LogP contribution >= 0.6 is 0 Å². The molecular weight excluding hydrogens is 350 g/mol. The molecule has 0 amide bonds. The summed E-state index contributed by atoms with van der Waals surface area (Å²) in [6, 6.07) is 16.2. The van der Waals surface area contributed by atoms with E-state index in [1.165, 1.54) is 5.56 Å². The zero-order valence-electron chi connectivity index (χ0n) is 17.6. The van der Waals surface area contributed by atoms with Crippen molar-refractivity contribution in [3.05, 3.63) is 65.2 Å². The molecule has 5 heteroatoms. The van der Waals surface area contributed by atoms with Crippen LogP contribution in [-0.2, 0) is 6.54 Å². The van der Waals surface area contributed by atoms with Crippen LogP contribution in [0.15, 0.2) is 53.5 Å². The number of benzene rings is 2. The summed E-state index contributed by atoms with van der Waals surface area (Å²) in [6.07, 6.45) is 0. The van der Waals surface area contributed by atoms with Gasteiger partial charge >= 0.3 is 0 Å². The van der Waals surface area contributed by atoms with Crippen LogP contribution in [0.3, 0.4) is 0 Å². The van der Waals surface area contributed by atoms with Crippen molar-refractivity contribution in [1.29, 1.82) is 0 Å². The van der Waals surface area contributed by atoms with E-state index in [0.29, 0.717) is 19.0 Å². The van der Waals surface area contributed by atoms with Gasteiger partial charge in [0.15, 0.2) is 5.96 Å². The van der Waals surface area contributed by atoms with Crippen LogP contribution in [0, 0.1) is 6.92 Å². The number of aliphatic hydroxyl groups excluding tert-OH is 1. The van der Waals surface area contributed by atoms with Crippen molar-refractivity contribution in [2.45, 2.75) is 45.8 Å². The van der Waals surface area contributed by atoms with Gasteiger partial charge in [-0.25, -0.2) is 0 Å². The monoisotopic (exact) mass is 383 g/mol. The third-order valence-electron chi connectivity index (χ3n) is 4.32. The average molecular weight is 384 g/mol. The molecule has 0 aliphatic heterocycles. The highest BCUT2D eigenvalue weighted by atomic mass is 16.5. The van der Waals surface area contributed by atoms with Crippen molar-refractivity contribution >= 4 is 5.96 Å². The number of ether oxygens (including phenoxy) is 1. The number of rotatable bonds is 7. The van der Waals surface area contributed by atoms with Crippen molar-refractivity contribution in [3.63, 3.8) is 0 Å². The number of aliphatic hydroxyl groups is 1. The normalized spacial score (nSPS) is 13.1. The fourth-order valence-corrected chi connectivity index (χ4v) is 2.87. The van der Waals surface area contributed by atoms with Crippen molar-refractivity contribution in [2.24, 2.45) is 4.99 Å². The van der Waals surface area contributed by atoms with Crippen LogP contribution in [0.2, 0.25) is 0 Å². The molecule has 0 heterocycles. The third-order valence-corrected chi connectivity index (χ3v) is 4.32. The lowest BCUT2D eigenvalue weighted by Crippen LogP contribution is -2.39. The van der Waals surface area contributed by atoms with Crippen molar-refractivity contribution in [3.8, 4) is 5.75 Å². The maximum Gasteiger partial charge on any atom is 0.191 e. The standard InChI is InChI=1S/C23H33N3O2/c1-17-11-12-19(21(13-17)28-23(2,3)4)14-25-22(24-5)26-15-20(16-27)18-9-7-6-8-10-18/h6-13,20,27H,14-16H2,1-5H3,(H2,24,25,26). The largest absolute Gasteiger partial charge is 0.488 e. The summed E-state index contributed by atoms with van der Waals surface area (Å²) in [7, 11) is 1.74. The molecule has 0 aromatic heterocycles. The molecule has 0 radical (unpaired) electrons. The summed E-state index contributed by atoms with van der Waals surface area (Å²) in [4.78, 5) is 4.30. The van der Waals surface area contributed by atoms with Gasteiger partial charge in [0.05, 0.1) is 6.61 Å². The minimum Gasteiger partial charge on any atom is -0.488 e. The molecule has 2 aromatic rings. The molecule has 1 atom stereocenters. The molecular formula is C23H33N3O2. The maximum atomic E-state index is 9.73. The summed E-state index contributed by atoms with van der Waals surface area (Å²) in [5.41, 5.74) is 3.09. The van der Waals surface area contributed by atoms with E-state index in [0.717, 1.165) is 16.9 Å². The first-order valence-electron chi connectivity index (χ1n) is 9.71.